The molecule has 0 N–H and O–H groups in total. The van der Waals surface area contributed by atoms with Gasteiger partial charge in [-0.2, -0.15) is 0 Å². The summed E-state index contributed by atoms with van der Waals surface area (Å²) in [5.74, 6) is 0.948. The van der Waals surface area contributed by atoms with Crippen molar-refractivity contribution in [3.63, 3.8) is 0 Å². The number of methoxy groups -OCH3 is 1. The van der Waals surface area contributed by atoms with Crippen LogP contribution >= 0.6 is 23.1 Å². The van der Waals surface area contributed by atoms with Crippen molar-refractivity contribution in [2.24, 2.45) is 0 Å². The first kappa shape index (κ1) is 17.8. The van der Waals surface area contributed by atoms with Gasteiger partial charge in [-0.3, -0.25) is 9.36 Å². The molecule has 4 rings (SSSR count). The number of ether oxygens (including phenoxy) is 1. The lowest BCUT2D eigenvalue weighted by Crippen LogP contribution is -2.20. The number of hydrogen-bond acceptors (Lipinski definition) is 5. The maximum absolute atomic E-state index is 13.4. The summed E-state index contributed by atoms with van der Waals surface area (Å²) in [7, 11) is 1.60. The summed E-state index contributed by atoms with van der Waals surface area (Å²) in [5, 5.41) is 2.43. The number of hydrogen-bond donors (Lipinski definition) is 0. The third-order valence-electron chi connectivity index (χ3n) is 4.04. The van der Waals surface area contributed by atoms with E-state index >= 15 is 0 Å². The van der Waals surface area contributed by atoms with Gasteiger partial charge in [0.1, 0.15) is 16.3 Å². The highest BCUT2D eigenvalue weighted by atomic mass is 32.2. The van der Waals surface area contributed by atoms with Crippen molar-refractivity contribution in [3.05, 3.63) is 81.7 Å². The van der Waals surface area contributed by atoms with Crippen LogP contribution in [-0.2, 0) is 5.75 Å². The molecule has 7 heteroatoms. The Balaban J connectivity index is 1.78. The van der Waals surface area contributed by atoms with Gasteiger partial charge in [0.15, 0.2) is 5.16 Å². The lowest BCUT2D eigenvalue weighted by Gasteiger charge is -2.12. The molecule has 27 heavy (non-hydrogen) atoms. The van der Waals surface area contributed by atoms with Crippen LogP contribution in [0.3, 0.4) is 0 Å². The molecule has 2 heterocycles. The van der Waals surface area contributed by atoms with Crippen molar-refractivity contribution in [1.82, 2.24) is 9.55 Å². The molecule has 0 saturated heterocycles. The van der Waals surface area contributed by atoms with Crippen LogP contribution in [0.5, 0.6) is 5.75 Å². The van der Waals surface area contributed by atoms with Gasteiger partial charge in [0.25, 0.3) is 5.56 Å². The summed E-state index contributed by atoms with van der Waals surface area (Å²) in [4.78, 5) is 17.7. The number of fused-ring (bicyclic) bond motifs is 1. The van der Waals surface area contributed by atoms with Crippen LogP contribution in [0.25, 0.3) is 15.9 Å². The first-order valence-corrected chi connectivity index (χ1v) is 10.0. The molecule has 2 aromatic heterocycles. The summed E-state index contributed by atoms with van der Waals surface area (Å²) < 4.78 is 20.9. The number of halogens is 1. The fraction of sp³-hybridized carbons (Fsp3) is 0.100. The molecule has 4 aromatic rings. The van der Waals surface area contributed by atoms with E-state index < -0.39 is 0 Å². The van der Waals surface area contributed by atoms with Crippen molar-refractivity contribution < 1.29 is 9.13 Å². The van der Waals surface area contributed by atoms with E-state index in [1.165, 1.54) is 35.2 Å². The van der Waals surface area contributed by atoms with E-state index in [1.807, 2.05) is 29.6 Å². The van der Waals surface area contributed by atoms with Gasteiger partial charge in [0.2, 0.25) is 0 Å². The number of thiophene rings is 1. The number of thioether (sulfide) groups is 1. The first-order chi connectivity index (χ1) is 13.2. The van der Waals surface area contributed by atoms with Crippen LogP contribution in [-0.4, -0.2) is 16.7 Å². The van der Waals surface area contributed by atoms with E-state index in [9.17, 15) is 9.18 Å². The predicted molar refractivity (Wildman–Crippen MR) is 108 cm³/mol. The topological polar surface area (TPSA) is 44.1 Å². The Morgan fingerprint density at radius 3 is 2.74 bits per heavy atom. The maximum Gasteiger partial charge on any atom is 0.276 e. The molecule has 0 fully saturated rings. The van der Waals surface area contributed by atoms with Gasteiger partial charge >= 0.3 is 0 Å². The summed E-state index contributed by atoms with van der Waals surface area (Å²) in [6.07, 6.45) is 0. The summed E-state index contributed by atoms with van der Waals surface area (Å²) in [6, 6.07) is 15.5. The Bertz CT molecular complexity index is 1150. The van der Waals surface area contributed by atoms with Gasteiger partial charge in [0.05, 0.1) is 18.3 Å². The molecule has 0 unspecified atom stereocenters. The smallest absolute Gasteiger partial charge is 0.276 e. The van der Waals surface area contributed by atoms with Gasteiger partial charge < -0.3 is 4.74 Å². The molecule has 0 bridgehead atoms. The largest absolute Gasteiger partial charge is 0.497 e. The minimum Gasteiger partial charge on any atom is -0.497 e. The lowest BCUT2D eigenvalue weighted by molar-refractivity contribution is 0.414. The van der Waals surface area contributed by atoms with Crippen LogP contribution in [0.15, 0.2) is 69.9 Å². The Labute approximate surface area is 163 Å². The summed E-state index contributed by atoms with van der Waals surface area (Å²) in [6.45, 7) is 0. The van der Waals surface area contributed by atoms with E-state index in [4.69, 9.17) is 4.74 Å². The molecule has 0 saturated carbocycles. The number of nitrogens with zero attached hydrogens (tertiary/aromatic N) is 2. The molecule has 0 amide bonds. The van der Waals surface area contributed by atoms with Crippen molar-refractivity contribution in [3.8, 4) is 11.4 Å². The molecule has 4 nitrogen and oxygen atoms in total. The van der Waals surface area contributed by atoms with Crippen molar-refractivity contribution in [2.75, 3.05) is 7.11 Å². The molecule has 0 aliphatic carbocycles. The second-order valence-electron chi connectivity index (χ2n) is 5.79. The summed E-state index contributed by atoms with van der Waals surface area (Å²) >= 11 is 2.78. The quantitative estimate of drug-likeness (QED) is 0.355. The molecule has 0 aliphatic rings. The zero-order valence-electron chi connectivity index (χ0n) is 14.4. The van der Waals surface area contributed by atoms with Crippen LogP contribution in [0.2, 0.25) is 0 Å². The van der Waals surface area contributed by atoms with E-state index in [0.717, 1.165) is 5.56 Å². The number of aromatic nitrogens is 2. The average Bonchev–Trinajstić information content (AvgIpc) is 3.16. The Morgan fingerprint density at radius 2 is 2.00 bits per heavy atom. The third kappa shape index (κ3) is 3.61. The van der Waals surface area contributed by atoms with E-state index in [1.54, 1.807) is 29.9 Å². The van der Waals surface area contributed by atoms with Crippen molar-refractivity contribution in [2.45, 2.75) is 10.9 Å². The number of benzene rings is 2. The van der Waals surface area contributed by atoms with E-state index in [-0.39, 0.29) is 11.4 Å². The highest BCUT2D eigenvalue weighted by Gasteiger charge is 2.14. The summed E-state index contributed by atoms with van der Waals surface area (Å²) in [5.41, 5.74) is 2.12. The normalized spacial score (nSPS) is 11.0. The van der Waals surface area contributed by atoms with Crippen LogP contribution in [0.4, 0.5) is 4.39 Å². The molecular formula is C20H15FN2O2S2. The first-order valence-electron chi connectivity index (χ1n) is 8.17. The monoisotopic (exact) mass is 398 g/mol. The van der Waals surface area contributed by atoms with E-state index in [0.29, 0.717) is 32.6 Å². The molecule has 0 aliphatic heterocycles. The highest BCUT2D eigenvalue weighted by molar-refractivity contribution is 7.98. The van der Waals surface area contributed by atoms with Crippen LogP contribution < -0.4 is 10.3 Å². The maximum atomic E-state index is 13.4. The predicted octanol–water partition coefficient (Wildman–Crippen LogP) is 4.89. The second-order valence-corrected chi connectivity index (χ2v) is 7.65. The zero-order valence-corrected chi connectivity index (χ0v) is 16.0. The molecule has 136 valence electrons. The molecule has 0 spiro atoms. The average molecular weight is 398 g/mol. The minimum absolute atomic E-state index is 0.109. The fourth-order valence-electron chi connectivity index (χ4n) is 2.72. The number of rotatable bonds is 5. The van der Waals surface area contributed by atoms with Gasteiger partial charge in [-0.05, 0) is 53.4 Å². The van der Waals surface area contributed by atoms with Crippen molar-refractivity contribution >= 4 is 33.3 Å². The fourth-order valence-corrected chi connectivity index (χ4v) is 4.44. The van der Waals surface area contributed by atoms with Gasteiger partial charge in [-0.1, -0.05) is 23.9 Å². The zero-order chi connectivity index (χ0) is 18.8. The molecule has 2 aromatic carbocycles. The van der Waals surface area contributed by atoms with Gasteiger partial charge in [-0.15, -0.1) is 11.3 Å². The van der Waals surface area contributed by atoms with Gasteiger partial charge in [-0.25, -0.2) is 9.37 Å². The van der Waals surface area contributed by atoms with Crippen molar-refractivity contribution in [1.29, 1.82) is 0 Å². The molecule has 0 atom stereocenters. The molecule has 0 radical (unpaired) electrons. The van der Waals surface area contributed by atoms with Crippen LogP contribution in [0, 0.1) is 5.82 Å². The second kappa shape index (κ2) is 7.54. The standard InChI is InChI=1S/C20H15FN2O2S2/c1-25-16-7-5-15(6-8-16)23-19(24)18-17(9-10-26-18)22-20(23)27-12-13-3-2-4-14(21)11-13/h2-11H,12H2,1H3. The SMILES string of the molecule is COc1ccc(-n2c(SCc3cccc(F)c3)nc3ccsc3c2=O)cc1. The third-order valence-corrected chi connectivity index (χ3v) is 5.94. The highest BCUT2D eigenvalue weighted by Crippen LogP contribution is 2.27. The molecular weight excluding hydrogens is 383 g/mol. The Kier molecular flexibility index (Phi) is 4.96. The van der Waals surface area contributed by atoms with E-state index in [2.05, 4.69) is 4.98 Å². The lowest BCUT2D eigenvalue weighted by atomic mass is 10.2. The Morgan fingerprint density at radius 1 is 1.19 bits per heavy atom. The minimum atomic E-state index is -0.276. The Hall–Kier alpha value is -2.64. The van der Waals surface area contributed by atoms with Gasteiger partial charge in [0, 0.05) is 5.75 Å². The van der Waals surface area contributed by atoms with Crippen LogP contribution in [0.1, 0.15) is 5.56 Å².